The number of urea groups is 1. The zero-order valence-electron chi connectivity index (χ0n) is 11.7. The van der Waals surface area contributed by atoms with Crippen LogP contribution >= 0.6 is 0 Å². The van der Waals surface area contributed by atoms with Crippen molar-refractivity contribution in [1.82, 2.24) is 15.5 Å². The van der Waals surface area contributed by atoms with Crippen LogP contribution in [0.1, 0.15) is 16.7 Å². The van der Waals surface area contributed by atoms with E-state index in [1.807, 2.05) is 0 Å². The van der Waals surface area contributed by atoms with Crippen LogP contribution in [0.3, 0.4) is 0 Å². The average Bonchev–Trinajstić information content (AvgIpc) is 2.32. The van der Waals surface area contributed by atoms with Crippen LogP contribution < -0.4 is 10.6 Å². The Morgan fingerprint density at radius 2 is 1.89 bits per heavy atom. The molecular formula is C14H23N3O. The zero-order valence-corrected chi connectivity index (χ0v) is 11.7. The minimum Gasteiger partial charge on any atom is -0.337 e. The molecule has 0 aliphatic heterocycles. The van der Waals surface area contributed by atoms with Gasteiger partial charge in [-0.3, -0.25) is 0 Å². The van der Waals surface area contributed by atoms with Crippen molar-refractivity contribution in [2.75, 3.05) is 27.2 Å². The van der Waals surface area contributed by atoms with Gasteiger partial charge in [-0.15, -0.1) is 0 Å². The van der Waals surface area contributed by atoms with Gasteiger partial charge in [-0.2, -0.15) is 0 Å². The summed E-state index contributed by atoms with van der Waals surface area (Å²) in [6.07, 6.45) is 0. The van der Waals surface area contributed by atoms with Gasteiger partial charge in [-0.05, 0) is 30.5 Å². The normalized spacial score (nSPS) is 10.2. The second-order valence-electron chi connectivity index (χ2n) is 4.72. The third-order valence-electron chi connectivity index (χ3n) is 2.88. The molecular weight excluding hydrogens is 226 g/mol. The number of nitrogens with zero attached hydrogens (tertiary/aromatic N) is 1. The number of hydrogen-bond acceptors (Lipinski definition) is 2. The van der Waals surface area contributed by atoms with Crippen LogP contribution in [0, 0.1) is 13.8 Å². The topological polar surface area (TPSA) is 44.4 Å². The highest BCUT2D eigenvalue weighted by atomic mass is 16.2. The number of carbonyl (C=O) groups is 1. The number of benzene rings is 1. The molecule has 1 aromatic rings. The fourth-order valence-electron chi connectivity index (χ4n) is 1.56. The molecule has 2 N–H and O–H groups in total. The molecule has 0 saturated heterocycles. The number of aryl methyl sites for hydroxylation is 2. The van der Waals surface area contributed by atoms with Crippen molar-refractivity contribution >= 4 is 6.03 Å². The number of carbonyl (C=O) groups excluding carboxylic acids is 1. The van der Waals surface area contributed by atoms with Crippen LogP contribution in [0.2, 0.25) is 0 Å². The quantitative estimate of drug-likeness (QED) is 0.780. The largest absolute Gasteiger partial charge is 0.337 e. The molecule has 0 aromatic heterocycles. The van der Waals surface area contributed by atoms with Gasteiger partial charge in [0.1, 0.15) is 0 Å². The van der Waals surface area contributed by atoms with E-state index in [2.05, 4.69) is 42.7 Å². The maximum atomic E-state index is 11.2. The van der Waals surface area contributed by atoms with Crippen molar-refractivity contribution in [2.45, 2.75) is 20.4 Å². The lowest BCUT2D eigenvalue weighted by Gasteiger charge is -2.12. The molecule has 0 atom stereocenters. The lowest BCUT2D eigenvalue weighted by Crippen LogP contribution is -2.38. The Morgan fingerprint density at radius 3 is 2.50 bits per heavy atom. The second kappa shape index (κ2) is 7.01. The molecule has 4 heteroatoms. The molecule has 18 heavy (non-hydrogen) atoms. The fourth-order valence-corrected chi connectivity index (χ4v) is 1.56. The van der Waals surface area contributed by atoms with Gasteiger partial charge in [0.15, 0.2) is 0 Å². The summed E-state index contributed by atoms with van der Waals surface area (Å²) in [5.41, 5.74) is 3.91. The summed E-state index contributed by atoms with van der Waals surface area (Å²) in [5.74, 6) is 0. The molecule has 0 unspecified atom stereocenters. The first-order valence-electron chi connectivity index (χ1n) is 6.22. The van der Waals surface area contributed by atoms with Gasteiger partial charge in [-0.25, -0.2) is 4.79 Å². The summed E-state index contributed by atoms with van der Waals surface area (Å²) >= 11 is 0. The van der Waals surface area contributed by atoms with Crippen molar-refractivity contribution in [3.05, 3.63) is 34.9 Å². The van der Waals surface area contributed by atoms with Gasteiger partial charge in [-0.1, -0.05) is 18.2 Å². The van der Waals surface area contributed by atoms with Gasteiger partial charge in [0.05, 0.1) is 0 Å². The third kappa shape index (κ3) is 4.75. The van der Waals surface area contributed by atoms with Gasteiger partial charge in [0.25, 0.3) is 0 Å². The van der Waals surface area contributed by atoms with Gasteiger partial charge in [0, 0.05) is 33.7 Å². The molecule has 0 radical (unpaired) electrons. The van der Waals surface area contributed by atoms with Crippen LogP contribution in [0.15, 0.2) is 18.2 Å². The lowest BCUT2D eigenvalue weighted by atomic mass is 10.1. The molecule has 1 aromatic carbocycles. The van der Waals surface area contributed by atoms with E-state index in [1.165, 1.54) is 21.6 Å². The molecule has 0 aliphatic rings. The average molecular weight is 249 g/mol. The second-order valence-corrected chi connectivity index (χ2v) is 4.72. The van der Waals surface area contributed by atoms with E-state index in [1.54, 1.807) is 14.1 Å². The Labute approximate surface area is 109 Å². The smallest absolute Gasteiger partial charge is 0.316 e. The van der Waals surface area contributed by atoms with Crippen molar-refractivity contribution in [3.63, 3.8) is 0 Å². The van der Waals surface area contributed by atoms with Gasteiger partial charge in [0.2, 0.25) is 0 Å². The van der Waals surface area contributed by atoms with Crippen molar-refractivity contribution in [1.29, 1.82) is 0 Å². The SMILES string of the molecule is Cc1ccc(CNCCNC(=O)N(C)C)cc1C. The highest BCUT2D eigenvalue weighted by molar-refractivity contribution is 5.73. The summed E-state index contributed by atoms with van der Waals surface area (Å²) in [6.45, 7) is 6.48. The number of nitrogens with one attached hydrogen (secondary N) is 2. The zero-order chi connectivity index (χ0) is 13.5. The molecule has 0 bridgehead atoms. The van der Waals surface area contributed by atoms with Crippen LogP contribution in [-0.2, 0) is 6.54 Å². The Bertz CT molecular complexity index is 402. The standard InChI is InChI=1S/C14H23N3O/c1-11-5-6-13(9-12(11)2)10-15-7-8-16-14(18)17(3)4/h5-6,9,15H,7-8,10H2,1-4H3,(H,16,18). The van der Waals surface area contributed by atoms with E-state index >= 15 is 0 Å². The van der Waals surface area contributed by atoms with Crippen molar-refractivity contribution < 1.29 is 4.79 Å². The molecule has 0 saturated carbocycles. The highest BCUT2D eigenvalue weighted by Gasteiger charge is 2.00. The lowest BCUT2D eigenvalue weighted by molar-refractivity contribution is 0.217. The van der Waals surface area contributed by atoms with Crippen molar-refractivity contribution in [2.24, 2.45) is 0 Å². The summed E-state index contributed by atoms with van der Waals surface area (Å²) < 4.78 is 0. The fraction of sp³-hybridized carbons (Fsp3) is 0.500. The van der Waals surface area contributed by atoms with E-state index in [-0.39, 0.29) is 6.03 Å². The molecule has 4 nitrogen and oxygen atoms in total. The first kappa shape index (κ1) is 14.5. The Balaban J connectivity index is 2.22. The van der Waals surface area contributed by atoms with Crippen LogP contribution in [0.25, 0.3) is 0 Å². The highest BCUT2D eigenvalue weighted by Crippen LogP contribution is 2.09. The first-order chi connectivity index (χ1) is 8.50. The summed E-state index contributed by atoms with van der Waals surface area (Å²) in [5, 5.41) is 6.12. The van der Waals surface area contributed by atoms with E-state index < -0.39 is 0 Å². The van der Waals surface area contributed by atoms with Crippen molar-refractivity contribution in [3.8, 4) is 0 Å². The molecule has 0 aliphatic carbocycles. The molecule has 0 fully saturated rings. The third-order valence-corrected chi connectivity index (χ3v) is 2.88. The summed E-state index contributed by atoms with van der Waals surface area (Å²) in [4.78, 5) is 12.8. The Morgan fingerprint density at radius 1 is 1.17 bits per heavy atom. The predicted octanol–water partition coefficient (Wildman–Crippen LogP) is 1.66. The van der Waals surface area contributed by atoms with Crippen LogP contribution in [0.5, 0.6) is 0 Å². The van der Waals surface area contributed by atoms with Gasteiger partial charge < -0.3 is 15.5 Å². The van der Waals surface area contributed by atoms with Crippen LogP contribution in [-0.4, -0.2) is 38.1 Å². The van der Waals surface area contributed by atoms with E-state index in [9.17, 15) is 4.79 Å². The first-order valence-corrected chi connectivity index (χ1v) is 6.22. The van der Waals surface area contributed by atoms with Crippen LogP contribution in [0.4, 0.5) is 4.79 Å². The molecule has 1 rings (SSSR count). The number of rotatable bonds is 5. The molecule has 0 heterocycles. The minimum absolute atomic E-state index is 0.0528. The van der Waals surface area contributed by atoms with E-state index in [0.29, 0.717) is 6.54 Å². The Kier molecular flexibility index (Phi) is 5.65. The van der Waals surface area contributed by atoms with E-state index in [0.717, 1.165) is 13.1 Å². The Hall–Kier alpha value is -1.55. The monoisotopic (exact) mass is 249 g/mol. The maximum Gasteiger partial charge on any atom is 0.316 e. The predicted molar refractivity (Wildman–Crippen MR) is 74.7 cm³/mol. The summed E-state index contributed by atoms with van der Waals surface area (Å²) in [7, 11) is 3.47. The van der Waals surface area contributed by atoms with E-state index in [4.69, 9.17) is 0 Å². The maximum absolute atomic E-state index is 11.2. The number of amides is 2. The molecule has 0 spiro atoms. The minimum atomic E-state index is -0.0528. The molecule has 2 amide bonds. The summed E-state index contributed by atoms with van der Waals surface area (Å²) in [6, 6.07) is 6.41. The molecule has 100 valence electrons. The van der Waals surface area contributed by atoms with Gasteiger partial charge >= 0.3 is 6.03 Å². The number of hydrogen-bond donors (Lipinski definition) is 2.